The molecule has 2 aromatic carbocycles. The molecule has 1 aromatic heterocycles. The van der Waals surface area contributed by atoms with E-state index in [4.69, 9.17) is 23.2 Å². The lowest BCUT2D eigenvalue weighted by Crippen LogP contribution is -2.31. The van der Waals surface area contributed by atoms with Crippen LogP contribution >= 0.6 is 23.2 Å². The average molecular weight is 388 g/mol. The molecule has 0 radical (unpaired) electrons. The lowest BCUT2D eigenvalue weighted by Gasteiger charge is -2.21. The summed E-state index contributed by atoms with van der Waals surface area (Å²) in [6.07, 6.45) is 3.66. The van der Waals surface area contributed by atoms with Crippen LogP contribution < -0.4 is 0 Å². The molecule has 0 aliphatic rings. The number of benzene rings is 2. The quantitative estimate of drug-likeness (QED) is 0.603. The van der Waals surface area contributed by atoms with Crippen LogP contribution in [0.4, 0.5) is 0 Å². The van der Waals surface area contributed by atoms with Crippen LogP contribution in [0.2, 0.25) is 10.0 Å². The highest BCUT2D eigenvalue weighted by Gasteiger charge is 2.17. The minimum atomic E-state index is -0.0403. The summed E-state index contributed by atoms with van der Waals surface area (Å²) < 4.78 is 2.03. The number of hydrogen-bond acceptors (Lipinski definition) is 2. The molecule has 3 aromatic rings. The third-order valence-corrected chi connectivity index (χ3v) is 4.62. The van der Waals surface area contributed by atoms with Crippen molar-refractivity contribution in [2.24, 2.45) is 0 Å². The molecular formula is C20H19Cl2N3O. The van der Waals surface area contributed by atoms with Crippen LogP contribution in [0.15, 0.2) is 60.9 Å². The molecule has 1 amide bonds. The Labute approximate surface area is 163 Å². The Hall–Kier alpha value is -2.30. The Bertz CT molecular complexity index is 890. The van der Waals surface area contributed by atoms with Gasteiger partial charge in [-0.2, -0.15) is 0 Å². The van der Waals surface area contributed by atoms with E-state index in [2.05, 4.69) is 4.98 Å². The Morgan fingerprint density at radius 1 is 1.12 bits per heavy atom. The van der Waals surface area contributed by atoms with Gasteiger partial charge in [-0.05, 0) is 48.9 Å². The molecule has 1 heterocycles. The topological polar surface area (TPSA) is 38.1 Å². The SMILES string of the molecule is CCN(Cc1nccn1Cc1cccc(Cl)c1)C(=O)c1ccc(Cl)cc1. The molecule has 0 aliphatic carbocycles. The van der Waals surface area contributed by atoms with Gasteiger partial charge in [-0.25, -0.2) is 4.98 Å². The first-order valence-corrected chi connectivity index (χ1v) is 9.11. The molecule has 0 spiro atoms. The number of aromatic nitrogens is 2. The van der Waals surface area contributed by atoms with Crippen molar-refractivity contribution in [1.29, 1.82) is 0 Å². The van der Waals surface area contributed by atoms with Gasteiger partial charge < -0.3 is 9.47 Å². The number of halogens is 2. The number of rotatable bonds is 6. The fraction of sp³-hybridized carbons (Fsp3) is 0.200. The summed E-state index contributed by atoms with van der Waals surface area (Å²) in [5.74, 6) is 0.788. The second kappa shape index (κ2) is 8.39. The van der Waals surface area contributed by atoms with Crippen LogP contribution in [0.3, 0.4) is 0 Å². The van der Waals surface area contributed by atoms with E-state index in [0.717, 1.165) is 11.4 Å². The minimum Gasteiger partial charge on any atom is -0.331 e. The highest BCUT2D eigenvalue weighted by Crippen LogP contribution is 2.15. The van der Waals surface area contributed by atoms with Gasteiger partial charge in [0.25, 0.3) is 5.91 Å². The zero-order valence-electron chi connectivity index (χ0n) is 14.4. The van der Waals surface area contributed by atoms with Crippen LogP contribution in [0, 0.1) is 0 Å². The van der Waals surface area contributed by atoms with Crippen molar-refractivity contribution in [3.8, 4) is 0 Å². The number of hydrogen-bond donors (Lipinski definition) is 0. The Kier molecular flexibility index (Phi) is 5.96. The molecule has 0 saturated heterocycles. The van der Waals surface area contributed by atoms with E-state index in [0.29, 0.717) is 35.2 Å². The smallest absolute Gasteiger partial charge is 0.254 e. The van der Waals surface area contributed by atoms with Gasteiger partial charge in [-0.15, -0.1) is 0 Å². The Morgan fingerprint density at radius 3 is 2.58 bits per heavy atom. The predicted octanol–water partition coefficient (Wildman–Crippen LogP) is 4.90. The van der Waals surface area contributed by atoms with E-state index in [-0.39, 0.29) is 5.91 Å². The predicted molar refractivity (Wildman–Crippen MR) is 105 cm³/mol. The van der Waals surface area contributed by atoms with Crippen LogP contribution in [0.1, 0.15) is 28.7 Å². The van der Waals surface area contributed by atoms with Crippen molar-refractivity contribution in [3.63, 3.8) is 0 Å². The van der Waals surface area contributed by atoms with Crippen molar-refractivity contribution in [2.75, 3.05) is 6.54 Å². The summed E-state index contributed by atoms with van der Waals surface area (Å²) in [7, 11) is 0. The van der Waals surface area contributed by atoms with Crippen molar-refractivity contribution in [2.45, 2.75) is 20.0 Å². The first kappa shape index (κ1) is 18.5. The second-order valence-corrected chi connectivity index (χ2v) is 6.80. The molecular weight excluding hydrogens is 369 g/mol. The highest BCUT2D eigenvalue weighted by atomic mass is 35.5. The first-order valence-electron chi connectivity index (χ1n) is 8.36. The van der Waals surface area contributed by atoms with Gasteiger partial charge in [0.2, 0.25) is 0 Å². The van der Waals surface area contributed by atoms with Crippen LogP contribution in [0.25, 0.3) is 0 Å². The fourth-order valence-corrected chi connectivity index (χ4v) is 3.08. The Morgan fingerprint density at radius 2 is 1.88 bits per heavy atom. The van der Waals surface area contributed by atoms with E-state index >= 15 is 0 Å². The average Bonchev–Trinajstić information content (AvgIpc) is 3.06. The van der Waals surface area contributed by atoms with Gasteiger partial charge in [0.15, 0.2) is 0 Å². The molecule has 0 atom stereocenters. The third kappa shape index (κ3) is 4.45. The van der Waals surface area contributed by atoms with Gasteiger partial charge in [-0.3, -0.25) is 4.79 Å². The Balaban J connectivity index is 1.76. The van der Waals surface area contributed by atoms with E-state index in [1.54, 1.807) is 35.4 Å². The van der Waals surface area contributed by atoms with Crippen LogP contribution in [0.5, 0.6) is 0 Å². The molecule has 0 bridgehead atoms. The number of carbonyl (C=O) groups excluding carboxylic acids is 1. The normalized spacial score (nSPS) is 10.7. The number of amides is 1. The molecule has 0 aliphatic heterocycles. The lowest BCUT2D eigenvalue weighted by molar-refractivity contribution is 0.0747. The van der Waals surface area contributed by atoms with E-state index in [9.17, 15) is 4.79 Å². The monoisotopic (exact) mass is 387 g/mol. The van der Waals surface area contributed by atoms with Crippen molar-refractivity contribution >= 4 is 29.1 Å². The maximum absolute atomic E-state index is 12.8. The standard InChI is InChI=1S/C20H19Cl2N3O/c1-2-24(20(26)16-6-8-17(21)9-7-16)14-19-23-10-11-25(19)13-15-4-3-5-18(22)12-15/h3-12H,2,13-14H2,1H3. The summed E-state index contributed by atoms with van der Waals surface area (Å²) >= 11 is 12.0. The van der Waals surface area contributed by atoms with Gasteiger partial charge in [-0.1, -0.05) is 35.3 Å². The van der Waals surface area contributed by atoms with Crippen LogP contribution in [-0.4, -0.2) is 26.9 Å². The molecule has 6 heteroatoms. The molecule has 0 unspecified atom stereocenters. The maximum atomic E-state index is 12.8. The highest BCUT2D eigenvalue weighted by molar-refractivity contribution is 6.30. The van der Waals surface area contributed by atoms with E-state index < -0.39 is 0 Å². The van der Waals surface area contributed by atoms with Crippen molar-refractivity contribution in [1.82, 2.24) is 14.5 Å². The van der Waals surface area contributed by atoms with Crippen molar-refractivity contribution in [3.05, 3.63) is 87.9 Å². The zero-order chi connectivity index (χ0) is 18.5. The molecule has 0 N–H and O–H groups in total. The second-order valence-electron chi connectivity index (χ2n) is 5.93. The summed E-state index contributed by atoms with van der Waals surface area (Å²) in [4.78, 5) is 18.9. The van der Waals surface area contributed by atoms with Gasteiger partial charge in [0.05, 0.1) is 6.54 Å². The third-order valence-electron chi connectivity index (χ3n) is 4.14. The van der Waals surface area contributed by atoms with Gasteiger partial charge in [0, 0.05) is 41.1 Å². The lowest BCUT2D eigenvalue weighted by atomic mass is 10.2. The minimum absolute atomic E-state index is 0.0403. The van der Waals surface area contributed by atoms with E-state index in [1.165, 1.54) is 0 Å². The molecule has 26 heavy (non-hydrogen) atoms. The van der Waals surface area contributed by atoms with Gasteiger partial charge in [0.1, 0.15) is 5.82 Å². The van der Waals surface area contributed by atoms with E-state index in [1.807, 2.05) is 42.0 Å². The summed E-state index contributed by atoms with van der Waals surface area (Å²) in [6, 6.07) is 14.7. The van der Waals surface area contributed by atoms with Gasteiger partial charge >= 0.3 is 0 Å². The summed E-state index contributed by atoms with van der Waals surface area (Å²) in [5.41, 5.74) is 1.70. The largest absolute Gasteiger partial charge is 0.331 e. The van der Waals surface area contributed by atoms with Crippen molar-refractivity contribution < 1.29 is 4.79 Å². The summed E-state index contributed by atoms with van der Waals surface area (Å²) in [6.45, 7) is 3.64. The van der Waals surface area contributed by atoms with Crippen LogP contribution in [-0.2, 0) is 13.1 Å². The molecule has 4 nitrogen and oxygen atoms in total. The molecule has 0 fully saturated rings. The summed E-state index contributed by atoms with van der Waals surface area (Å²) in [5, 5.41) is 1.32. The number of carbonyl (C=O) groups is 1. The molecule has 134 valence electrons. The fourth-order valence-electron chi connectivity index (χ4n) is 2.74. The first-order chi connectivity index (χ1) is 12.6. The number of nitrogens with zero attached hydrogens (tertiary/aromatic N) is 3. The zero-order valence-corrected chi connectivity index (χ0v) is 15.9. The number of imidazole rings is 1. The maximum Gasteiger partial charge on any atom is 0.254 e. The molecule has 0 saturated carbocycles. The molecule has 3 rings (SSSR count).